The van der Waals surface area contributed by atoms with Crippen LogP contribution in [-0.2, 0) is 25.7 Å². The molecular weight excluding hydrogens is 749 g/mol. The molecule has 0 heterocycles. The fourth-order valence-corrected chi connectivity index (χ4v) is 10.3. The SMILES string of the molecule is c1ccc(-c2ccc(N(c3ccc(N(c4ccc(-c5ccccc5)cc4)c4cccc5ccccc45)cc3)c3c4c(c(-c5ccccc5)c5c3CCCC5)CCCC4)cc2)cc1. The van der Waals surface area contributed by atoms with Gasteiger partial charge >= 0.3 is 0 Å². The van der Waals surface area contributed by atoms with Crippen LogP contribution < -0.4 is 9.80 Å². The first-order valence-electron chi connectivity index (χ1n) is 22.5. The highest BCUT2D eigenvalue weighted by molar-refractivity contribution is 5.99. The van der Waals surface area contributed by atoms with Gasteiger partial charge in [-0.3, -0.25) is 0 Å². The maximum absolute atomic E-state index is 2.62. The zero-order valence-electron chi connectivity index (χ0n) is 35.2. The molecule has 0 aromatic heterocycles. The standard InChI is InChI=1S/C60H50N2/c1-4-17-43(18-5-1)45-31-35-49(36-32-45)61(58-30-16-24-47-21-10-11-25-53(47)58)50-39-41-52(42-40-50)62(51-37-33-46(34-38-51)44-19-6-2-7-20-44)60-56-28-14-12-26-54(56)59(48-22-8-3-9-23-48)55-27-13-15-29-57(55)60/h1-11,16-25,30-42H,12-15,26-29H2. The van der Waals surface area contributed by atoms with E-state index in [0.29, 0.717) is 0 Å². The van der Waals surface area contributed by atoms with Crippen LogP contribution >= 0.6 is 0 Å². The first-order valence-corrected chi connectivity index (χ1v) is 22.5. The fourth-order valence-electron chi connectivity index (χ4n) is 10.3. The van der Waals surface area contributed by atoms with Gasteiger partial charge in [0.25, 0.3) is 0 Å². The average Bonchev–Trinajstić information content (AvgIpc) is 3.36. The number of nitrogens with zero attached hydrogens (tertiary/aromatic N) is 2. The van der Waals surface area contributed by atoms with E-state index in [4.69, 9.17) is 0 Å². The molecule has 0 atom stereocenters. The number of rotatable bonds is 9. The van der Waals surface area contributed by atoms with Gasteiger partial charge in [-0.05, 0) is 167 Å². The molecule has 0 radical (unpaired) electrons. The molecule has 0 N–H and O–H groups in total. The van der Waals surface area contributed by atoms with Gasteiger partial charge < -0.3 is 9.80 Å². The molecule has 62 heavy (non-hydrogen) atoms. The van der Waals surface area contributed by atoms with Crippen LogP contribution in [0.25, 0.3) is 44.2 Å². The van der Waals surface area contributed by atoms with Crippen LogP contribution in [0.3, 0.4) is 0 Å². The second-order valence-electron chi connectivity index (χ2n) is 16.9. The van der Waals surface area contributed by atoms with Gasteiger partial charge in [-0.15, -0.1) is 0 Å². The van der Waals surface area contributed by atoms with Crippen molar-refractivity contribution in [2.45, 2.75) is 51.4 Å². The number of hydrogen-bond acceptors (Lipinski definition) is 2. The van der Waals surface area contributed by atoms with Gasteiger partial charge in [-0.25, -0.2) is 0 Å². The third-order valence-electron chi connectivity index (χ3n) is 13.2. The van der Waals surface area contributed by atoms with Crippen molar-refractivity contribution in [3.05, 3.63) is 229 Å². The monoisotopic (exact) mass is 798 g/mol. The van der Waals surface area contributed by atoms with Crippen LogP contribution in [0.2, 0.25) is 0 Å². The minimum Gasteiger partial charge on any atom is -0.310 e. The van der Waals surface area contributed by atoms with Crippen LogP contribution in [-0.4, -0.2) is 0 Å². The summed E-state index contributed by atoms with van der Waals surface area (Å²) >= 11 is 0. The smallest absolute Gasteiger partial charge is 0.0540 e. The summed E-state index contributed by atoms with van der Waals surface area (Å²) in [6, 6.07) is 75.9. The molecule has 0 spiro atoms. The van der Waals surface area contributed by atoms with Gasteiger partial charge in [0.05, 0.1) is 11.4 Å². The Labute approximate surface area is 366 Å². The van der Waals surface area contributed by atoms with Gasteiger partial charge in [0.2, 0.25) is 0 Å². The highest BCUT2D eigenvalue weighted by Gasteiger charge is 2.31. The van der Waals surface area contributed by atoms with Crippen LogP contribution in [0.5, 0.6) is 0 Å². The van der Waals surface area contributed by atoms with E-state index < -0.39 is 0 Å². The second-order valence-corrected chi connectivity index (χ2v) is 16.9. The first-order chi connectivity index (χ1) is 30.8. The van der Waals surface area contributed by atoms with E-state index in [1.165, 1.54) is 86.9 Å². The van der Waals surface area contributed by atoms with Crippen molar-refractivity contribution in [3.63, 3.8) is 0 Å². The van der Waals surface area contributed by atoms with Crippen LogP contribution in [0.4, 0.5) is 34.1 Å². The molecular formula is C60H50N2. The lowest BCUT2D eigenvalue weighted by Crippen LogP contribution is -2.22. The third-order valence-corrected chi connectivity index (χ3v) is 13.2. The van der Waals surface area contributed by atoms with Crippen molar-refractivity contribution in [3.8, 4) is 33.4 Å². The normalized spacial score (nSPS) is 13.3. The van der Waals surface area contributed by atoms with E-state index in [1.54, 1.807) is 22.3 Å². The molecule has 9 aromatic carbocycles. The molecule has 2 heteroatoms. The summed E-state index contributed by atoms with van der Waals surface area (Å²) in [6.07, 6.45) is 9.37. The Kier molecular flexibility index (Phi) is 10.2. The molecule has 11 rings (SSSR count). The Morgan fingerprint density at radius 2 is 0.645 bits per heavy atom. The van der Waals surface area contributed by atoms with Gasteiger partial charge in [-0.2, -0.15) is 0 Å². The van der Waals surface area contributed by atoms with Crippen molar-refractivity contribution in [1.82, 2.24) is 0 Å². The summed E-state index contributed by atoms with van der Waals surface area (Å²) in [5.74, 6) is 0. The van der Waals surface area contributed by atoms with E-state index in [0.717, 1.165) is 42.7 Å². The fraction of sp³-hybridized carbons (Fsp3) is 0.133. The Morgan fingerprint density at radius 1 is 0.274 bits per heavy atom. The molecule has 2 aliphatic carbocycles. The Hall–Kier alpha value is -7.16. The highest BCUT2D eigenvalue weighted by atomic mass is 15.2. The van der Waals surface area contributed by atoms with Gasteiger partial charge in [0, 0.05) is 28.1 Å². The molecule has 0 aliphatic heterocycles. The lowest BCUT2D eigenvalue weighted by Gasteiger charge is -2.37. The average molecular weight is 799 g/mol. The molecule has 0 unspecified atom stereocenters. The zero-order chi connectivity index (χ0) is 41.2. The number of benzene rings is 9. The molecule has 2 nitrogen and oxygen atoms in total. The van der Waals surface area contributed by atoms with Gasteiger partial charge in [0.15, 0.2) is 0 Å². The molecule has 0 saturated carbocycles. The van der Waals surface area contributed by atoms with Crippen LogP contribution in [0.15, 0.2) is 206 Å². The van der Waals surface area contributed by atoms with Crippen LogP contribution in [0.1, 0.15) is 47.9 Å². The van der Waals surface area contributed by atoms with E-state index in [-0.39, 0.29) is 0 Å². The minimum absolute atomic E-state index is 1.10. The first kappa shape index (κ1) is 37.8. The lowest BCUT2D eigenvalue weighted by molar-refractivity contribution is 0.661. The largest absolute Gasteiger partial charge is 0.310 e. The van der Waals surface area contributed by atoms with E-state index >= 15 is 0 Å². The van der Waals surface area contributed by atoms with Crippen molar-refractivity contribution in [2.24, 2.45) is 0 Å². The van der Waals surface area contributed by atoms with Crippen molar-refractivity contribution < 1.29 is 0 Å². The highest BCUT2D eigenvalue weighted by Crippen LogP contribution is 2.50. The van der Waals surface area contributed by atoms with Crippen molar-refractivity contribution in [2.75, 3.05) is 9.80 Å². The maximum Gasteiger partial charge on any atom is 0.0540 e. The zero-order valence-corrected chi connectivity index (χ0v) is 35.2. The second kappa shape index (κ2) is 16.7. The summed E-state index contributed by atoms with van der Waals surface area (Å²) in [5, 5.41) is 2.45. The molecule has 2 aliphatic rings. The van der Waals surface area contributed by atoms with Gasteiger partial charge in [-0.1, -0.05) is 152 Å². The molecule has 300 valence electrons. The summed E-state index contributed by atoms with van der Waals surface area (Å²) in [5.41, 5.74) is 21.3. The number of fused-ring (bicyclic) bond motifs is 3. The van der Waals surface area contributed by atoms with E-state index in [9.17, 15) is 0 Å². The summed E-state index contributed by atoms with van der Waals surface area (Å²) in [6.45, 7) is 0. The third kappa shape index (κ3) is 7.06. The van der Waals surface area contributed by atoms with Crippen molar-refractivity contribution in [1.29, 1.82) is 0 Å². The van der Waals surface area contributed by atoms with E-state index in [2.05, 4.69) is 216 Å². The predicted molar refractivity (Wildman–Crippen MR) is 263 cm³/mol. The van der Waals surface area contributed by atoms with E-state index in [1.807, 2.05) is 0 Å². The van der Waals surface area contributed by atoms with Crippen LogP contribution in [0, 0.1) is 0 Å². The lowest BCUT2D eigenvalue weighted by atomic mass is 9.75. The quantitative estimate of drug-likeness (QED) is 0.144. The topological polar surface area (TPSA) is 6.48 Å². The Morgan fingerprint density at radius 3 is 1.15 bits per heavy atom. The molecule has 9 aromatic rings. The molecule has 0 fully saturated rings. The maximum atomic E-state index is 2.62. The number of hydrogen-bond donors (Lipinski definition) is 0. The Balaban J connectivity index is 1.09. The number of anilines is 6. The summed E-state index contributed by atoms with van der Waals surface area (Å²) < 4.78 is 0. The predicted octanol–water partition coefficient (Wildman–Crippen LogP) is 16.5. The summed E-state index contributed by atoms with van der Waals surface area (Å²) in [7, 11) is 0. The minimum atomic E-state index is 1.10. The van der Waals surface area contributed by atoms with Gasteiger partial charge in [0.1, 0.15) is 0 Å². The summed E-state index contributed by atoms with van der Waals surface area (Å²) in [4.78, 5) is 5.05. The molecule has 0 bridgehead atoms. The molecule has 0 saturated heterocycles. The Bertz CT molecular complexity index is 2930. The molecule has 0 amide bonds. The van der Waals surface area contributed by atoms with Crippen molar-refractivity contribution >= 4 is 44.9 Å².